The van der Waals surface area contributed by atoms with Crippen LogP contribution in [0.2, 0.25) is 0 Å². The second-order valence-corrected chi connectivity index (χ2v) is 6.88. The van der Waals surface area contributed by atoms with Crippen molar-refractivity contribution in [3.63, 3.8) is 0 Å². The van der Waals surface area contributed by atoms with Gasteiger partial charge in [0.05, 0.1) is 11.4 Å². The number of nitrogens with zero attached hydrogens (tertiary/aromatic N) is 7. The minimum atomic E-state index is 0.675. The molecule has 126 valence electrons. The summed E-state index contributed by atoms with van der Waals surface area (Å²) in [5.41, 5.74) is 5.19. The summed E-state index contributed by atoms with van der Waals surface area (Å²) in [6, 6.07) is 10.2. The third-order valence-electron chi connectivity index (χ3n) is 3.88. The SMILES string of the molecule is Cc1ccc(-n2nnnc2SCc2cn3c(C)cc(C)nc3n2)cc1. The number of tetrazole rings is 1. The van der Waals surface area contributed by atoms with Gasteiger partial charge in [0.25, 0.3) is 0 Å². The van der Waals surface area contributed by atoms with Crippen LogP contribution in [0, 0.1) is 20.8 Å². The monoisotopic (exact) mass is 351 g/mol. The Labute approximate surface area is 149 Å². The third kappa shape index (κ3) is 3.12. The van der Waals surface area contributed by atoms with Gasteiger partial charge in [-0.15, -0.1) is 5.10 Å². The number of aryl methyl sites for hydroxylation is 3. The highest BCUT2D eigenvalue weighted by Gasteiger charge is 2.11. The Hall–Kier alpha value is -2.74. The lowest BCUT2D eigenvalue weighted by Gasteiger charge is -2.03. The fourth-order valence-corrected chi connectivity index (χ4v) is 3.42. The first-order valence-electron chi connectivity index (χ1n) is 7.90. The molecule has 0 fully saturated rings. The Morgan fingerprint density at radius 1 is 1.04 bits per heavy atom. The summed E-state index contributed by atoms with van der Waals surface area (Å²) in [7, 11) is 0. The molecule has 0 aliphatic carbocycles. The zero-order valence-electron chi connectivity index (χ0n) is 14.2. The van der Waals surface area contributed by atoms with Crippen LogP contribution >= 0.6 is 11.8 Å². The van der Waals surface area contributed by atoms with E-state index in [0.717, 1.165) is 33.7 Å². The normalized spacial score (nSPS) is 11.3. The molecule has 8 heteroatoms. The maximum absolute atomic E-state index is 4.60. The molecule has 0 spiro atoms. The predicted molar refractivity (Wildman–Crippen MR) is 95.9 cm³/mol. The molecule has 3 aromatic heterocycles. The number of hydrogen-bond acceptors (Lipinski definition) is 6. The minimum absolute atomic E-state index is 0.675. The molecular weight excluding hydrogens is 334 g/mol. The summed E-state index contributed by atoms with van der Waals surface area (Å²) in [6.45, 7) is 6.09. The smallest absolute Gasteiger partial charge is 0.234 e. The van der Waals surface area contributed by atoms with Gasteiger partial charge < -0.3 is 0 Å². The molecule has 0 saturated heterocycles. The van der Waals surface area contributed by atoms with E-state index in [1.54, 1.807) is 16.4 Å². The molecule has 0 aliphatic heterocycles. The Morgan fingerprint density at radius 3 is 2.64 bits per heavy atom. The van der Waals surface area contributed by atoms with Gasteiger partial charge in [0.15, 0.2) is 0 Å². The van der Waals surface area contributed by atoms with Crippen molar-refractivity contribution in [2.24, 2.45) is 0 Å². The van der Waals surface area contributed by atoms with E-state index in [-0.39, 0.29) is 0 Å². The Bertz CT molecular complexity index is 1030. The molecule has 0 amide bonds. The van der Waals surface area contributed by atoms with Crippen LogP contribution in [0.4, 0.5) is 0 Å². The number of imidazole rings is 1. The number of hydrogen-bond donors (Lipinski definition) is 0. The second-order valence-electron chi connectivity index (χ2n) is 5.94. The standard InChI is InChI=1S/C17H17N7S/c1-11-4-6-15(7-5-11)24-17(20-21-22-24)25-10-14-9-23-13(3)8-12(2)18-16(23)19-14/h4-9H,10H2,1-3H3. The Kier molecular flexibility index (Phi) is 3.96. The second kappa shape index (κ2) is 6.29. The molecule has 0 aliphatic rings. The average molecular weight is 351 g/mol. The summed E-state index contributed by atoms with van der Waals surface area (Å²) < 4.78 is 3.75. The zero-order valence-corrected chi connectivity index (χ0v) is 15.0. The van der Waals surface area contributed by atoms with E-state index in [1.165, 1.54) is 5.56 Å². The van der Waals surface area contributed by atoms with E-state index in [2.05, 4.69) is 39.3 Å². The van der Waals surface area contributed by atoms with Crippen molar-refractivity contribution < 1.29 is 0 Å². The van der Waals surface area contributed by atoms with Gasteiger partial charge in [-0.1, -0.05) is 29.5 Å². The van der Waals surface area contributed by atoms with Gasteiger partial charge in [0, 0.05) is 23.3 Å². The van der Waals surface area contributed by atoms with Crippen molar-refractivity contribution in [1.29, 1.82) is 0 Å². The molecule has 0 atom stereocenters. The van der Waals surface area contributed by atoms with Crippen molar-refractivity contribution in [2.75, 3.05) is 0 Å². The molecule has 4 rings (SSSR count). The third-order valence-corrected chi connectivity index (χ3v) is 4.83. The van der Waals surface area contributed by atoms with E-state index in [0.29, 0.717) is 5.75 Å². The lowest BCUT2D eigenvalue weighted by Crippen LogP contribution is -1.99. The molecule has 1 aromatic carbocycles. The molecule has 0 bridgehead atoms. The van der Waals surface area contributed by atoms with Crippen LogP contribution in [0.3, 0.4) is 0 Å². The Morgan fingerprint density at radius 2 is 1.84 bits per heavy atom. The van der Waals surface area contributed by atoms with Gasteiger partial charge in [-0.3, -0.25) is 4.40 Å². The van der Waals surface area contributed by atoms with Crippen molar-refractivity contribution in [1.82, 2.24) is 34.6 Å². The van der Waals surface area contributed by atoms with E-state index in [1.807, 2.05) is 47.9 Å². The van der Waals surface area contributed by atoms with Crippen molar-refractivity contribution in [3.05, 3.63) is 59.2 Å². The molecule has 0 radical (unpaired) electrons. The van der Waals surface area contributed by atoms with Crippen molar-refractivity contribution in [2.45, 2.75) is 31.7 Å². The molecule has 0 unspecified atom stereocenters. The Balaban J connectivity index is 1.57. The number of fused-ring (bicyclic) bond motifs is 1. The zero-order chi connectivity index (χ0) is 17.4. The average Bonchev–Trinajstić information content (AvgIpc) is 3.20. The van der Waals surface area contributed by atoms with Gasteiger partial charge in [-0.25, -0.2) is 9.97 Å². The van der Waals surface area contributed by atoms with Crippen molar-refractivity contribution in [3.8, 4) is 5.69 Å². The number of rotatable bonds is 4. The summed E-state index contributed by atoms with van der Waals surface area (Å²) in [6.07, 6.45) is 2.02. The fourth-order valence-electron chi connectivity index (χ4n) is 2.64. The van der Waals surface area contributed by atoms with Crippen LogP contribution < -0.4 is 0 Å². The molecular formula is C17H17N7S. The van der Waals surface area contributed by atoms with Gasteiger partial charge >= 0.3 is 0 Å². The van der Waals surface area contributed by atoms with E-state index < -0.39 is 0 Å². The van der Waals surface area contributed by atoms with Crippen molar-refractivity contribution >= 4 is 17.5 Å². The minimum Gasteiger partial charge on any atom is -0.288 e. The highest BCUT2D eigenvalue weighted by Crippen LogP contribution is 2.22. The van der Waals surface area contributed by atoms with Gasteiger partial charge in [0.1, 0.15) is 0 Å². The summed E-state index contributed by atoms with van der Waals surface area (Å²) in [5.74, 6) is 1.40. The van der Waals surface area contributed by atoms with Crippen LogP contribution in [0.15, 0.2) is 41.7 Å². The lowest BCUT2D eigenvalue weighted by atomic mass is 10.2. The van der Waals surface area contributed by atoms with Crippen LogP contribution in [0.5, 0.6) is 0 Å². The summed E-state index contributed by atoms with van der Waals surface area (Å²) >= 11 is 1.55. The van der Waals surface area contributed by atoms with Gasteiger partial charge in [-0.05, 0) is 49.4 Å². The first-order chi connectivity index (χ1) is 12.1. The highest BCUT2D eigenvalue weighted by atomic mass is 32.2. The molecule has 0 N–H and O–H groups in total. The summed E-state index contributed by atoms with van der Waals surface area (Å²) in [5, 5.41) is 12.8. The largest absolute Gasteiger partial charge is 0.288 e. The van der Waals surface area contributed by atoms with E-state index >= 15 is 0 Å². The topological polar surface area (TPSA) is 73.8 Å². The predicted octanol–water partition coefficient (Wildman–Crippen LogP) is 2.92. The lowest BCUT2D eigenvalue weighted by molar-refractivity contribution is 0.756. The fraction of sp³-hybridized carbons (Fsp3) is 0.235. The molecule has 0 saturated carbocycles. The highest BCUT2D eigenvalue weighted by molar-refractivity contribution is 7.98. The first-order valence-corrected chi connectivity index (χ1v) is 8.89. The summed E-state index contributed by atoms with van der Waals surface area (Å²) in [4.78, 5) is 9.07. The quantitative estimate of drug-likeness (QED) is 0.526. The van der Waals surface area contributed by atoms with E-state index in [4.69, 9.17) is 0 Å². The molecule has 25 heavy (non-hydrogen) atoms. The van der Waals surface area contributed by atoms with Gasteiger partial charge in [-0.2, -0.15) is 4.68 Å². The molecule has 7 nitrogen and oxygen atoms in total. The van der Waals surface area contributed by atoms with Gasteiger partial charge in [0.2, 0.25) is 10.9 Å². The van der Waals surface area contributed by atoms with E-state index in [9.17, 15) is 0 Å². The van der Waals surface area contributed by atoms with Crippen LogP contribution in [0.25, 0.3) is 11.5 Å². The maximum Gasteiger partial charge on any atom is 0.234 e. The number of thioether (sulfide) groups is 1. The molecule has 4 aromatic rings. The first kappa shape index (κ1) is 15.8. The van der Waals surface area contributed by atoms with Crippen LogP contribution in [0.1, 0.15) is 22.6 Å². The number of aromatic nitrogens is 7. The number of benzene rings is 1. The molecule has 3 heterocycles. The van der Waals surface area contributed by atoms with Crippen LogP contribution in [-0.4, -0.2) is 34.6 Å². The maximum atomic E-state index is 4.60. The van der Waals surface area contributed by atoms with Crippen LogP contribution in [-0.2, 0) is 5.75 Å².